The third kappa shape index (κ3) is 7.58. The van der Waals surface area contributed by atoms with Crippen molar-refractivity contribution in [2.75, 3.05) is 11.4 Å². The zero-order chi connectivity index (χ0) is 28.0. The lowest BCUT2D eigenvalue weighted by molar-refractivity contribution is -0.138. The standard InChI is InChI=1S/C28H23ClF3N3O3S/c29-23-4-2-1-3-21(23)16-35(15-18-5-7-20(8-6-18)26(38)33-14-13-25(36)37)27-34-24(17-39-27)19-9-11-22(12-10-19)28(30,31)32/h1-12,17H,13-16H2,(H,33,38)(H,36,37). The van der Waals surface area contributed by atoms with Gasteiger partial charge >= 0.3 is 12.1 Å². The molecule has 202 valence electrons. The van der Waals surface area contributed by atoms with Crippen LogP contribution in [0, 0.1) is 0 Å². The van der Waals surface area contributed by atoms with Gasteiger partial charge in [0, 0.05) is 41.2 Å². The normalized spacial score (nSPS) is 11.3. The molecule has 0 unspecified atom stereocenters. The van der Waals surface area contributed by atoms with Gasteiger partial charge in [0.25, 0.3) is 5.91 Å². The molecule has 0 saturated carbocycles. The molecule has 0 aliphatic carbocycles. The minimum absolute atomic E-state index is 0.0346. The van der Waals surface area contributed by atoms with E-state index in [9.17, 15) is 22.8 Å². The van der Waals surface area contributed by atoms with Gasteiger partial charge in [0.1, 0.15) is 0 Å². The molecule has 11 heteroatoms. The minimum atomic E-state index is -4.41. The molecule has 0 bridgehead atoms. The van der Waals surface area contributed by atoms with Gasteiger partial charge < -0.3 is 15.3 Å². The van der Waals surface area contributed by atoms with E-state index < -0.39 is 17.7 Å². The average Bonchev–Trinajstić information content (AvgIpc) is 3.40. The predicted octanol–water partition coefficient (Wildman–Crippen LogP) is 6.89. The summed E-state index contributed by atoms with van der Waals surface area (Å²) in [5.74, 6) is -1.36. The number of carbonyl (C=O) groups is 2. The average molecular weight is 574 g/mol. The lowest BCUT2D eigenvalue weighted by Gasteiger charge is -2.23. The number of thiazole rings is 1. The van der Waals surface area contributed by atoms with E-state index in [1.165, 1.54) is 23.5 Å². The summed E-state index contributed by atoms with van der Waals surface area (Å²) >= 11 is 7.78. The molecule has 0 saturated heterocycles. The quantitative estimate of drug-likeness (QED) is 0.216. The van der Waals surface area contributed by atoms with Crippen LogP contribution in [0.1, 0.15) is 33.5 Å². The number of anilines is 1. The van der Waals surface area contributed by atoms with Crippen molar-refractivity contribution in [1.29, 1.82) is 0 Å². The van der Waals surface area contributed by atoms with E-state index in [4.69, 9.17) is 21.7 Å². The number of aliphatic carboxylic acids is 1. The SMILES string of the molecule is O=C(O)CCNC(=O)c1ccc(CN(Cc2ccccc2Cl)c2nc(-c3ccc(C(F)(F)F)cc3)cs2)cc1. The molecule has 2 N–H and O–H groups in total. The van der Waals surface area contributed by atoms with Gasteiger partial charge in [0.2, 0.25) is 0 Å². The Labute approximate surface area is 231 Å². The maximum Gasteiger partial charge on any atom is 0.416 e. The number of halogens is 4. The van der Waals surface area contributed by atoms with Crippen LogP contribution in [0.5, 0.6) is 0 Å². The highest BCUT2D eigenvalue weighted by Crippen LogP contribution is 2.33. The Bertz CT molecular complexity index is 1440. The first kappa shape index (κ1) is 28.1. The Kier molecular flexibility index (Phi) is 8.88. The highest BCUT2D eigenvalue weighted by atomic mass is 35.5. The number of carboxylic acid groups (broad SMARTS) is 1. The molecule has 0 atom stereocenters. The van der Waals surface area contributed by atoms with Crippen molar-refractivity contribution >= 4 is 39.9 Å². The molecule has 6 nitrogen and oxygen atoms in total. The summed E-state index contributed by atoms with van der Waals surface area (Å²) in [7, 11) is 0. The second-order valence-corrected chi connectivity index (χ2v) is 9.88. The number of amides is 1. The summed E-state index contributed by atoms with van der Waals surface area (Å²) in [6.07, 6.45) is -4.57. The predicted molar refractivity (Wildman–Crippen MR) is 145 cm³/mol. The van der Waals surface area contributed by atoms with Crippen LogP contribution in [0.3, 0.4) is 0 Å². The van der Waals surface area contributed by atoms with Crippen LogP contribution in [0.15, 0.2) is 78.2 Å². The molecule has 1 amide bonds. The van der Waals surface area contributed by atoms with E-state index in [0.29, 0.717) is 40.1 Å². The number of carboxylic acids is 1. The van der Waals surface area contributed by atoms with E-state index in [0.717, 1.165) is 23.3 Å². The van der Waals surface area contributed by atoms with Gasteiger partial charge in [0.15, 0.2) is 5.13 Å². The largest absolute Gasteiger partial charge is 0.481 e. The number of carbonyl (C=O) groups excluding carboxylic acids is 1. The second-order valence-electron chi connectivity index (χ2n) is 8.63. The van der Waals surface area contributed by atoms with Crippen LogP contribution in [0.4, 0.5) is 18.3 Å². The van der Waals surface area contributed by atoms with Gasteiger partial charge in [0.05, 0.1) is 17.7 Å². The van der Waals surface area contributed by atoms with Gasteiger partial charge in [-0.2, -0.15) is 13.2 Å². The summed E-state index contributed by atoms with van der Waals surface area (Å²) in [5.41, 5.74) is 2.57. The van der Waals surface area contributed by atoms with Crippen LogP contribution >= 0.6 is 22.9 Å². The molecule has 39 heavy (non-hydrogen) atoms. The highest BCUT2D eigenvalue weighted by molar-refractivity contribution is 7.14. The van der Waals surface area contributed by atoms with Gasteiger partial charge in [-0.1, -0.05) is 54.1 Å². The molecule has 0 radical (unpaired) electrons. The van der Waals surface area contributed by atoms with Crippen LogP contribution in [0.25, 0.3) is 11.3 Å². The molecule has 0 fully saturated rings. The molecular formula is C28H23ClF3N3O3S. The number of benzene rings is 3. The van der Waals surface area contributed by atoms with Crippen LogP contribution in [0.2, 0.25) is 5.02 Å². The minimum Gasteiger partial charge on any atom is -0.481 e. The Morgan fingerprint density at radius 3 is 2.31 bits per heavy atom. The first-order valence-electron chi connectivity index (χ1n) is 11.8. The molecule has 4 rings (SSSR count). The summed E-state index contributed by atoms with van der Waals surface area (Å²) < 4.78 is 38.9. The number of nitrogens with one attached hydrogen (secondary N) is 1. The van der Waals surface area contributed by atoms with Crippen molar-refractivity contribution < 1.29 is 27.9 Å². The summed E-state index contributed by atoms with van der Waals surface area (Å²) in [6, 6.07) is 19.2. The van der Waals surface area contributed by atoms with E-state index in [2.05, 4.69) is 5.32 Å². The number of rotatable bonds is 10. The molecule has 0 aliphatic heterocycles. The van der Waals surface area contributed by atoms with Gasteiger partial charge in [-0.3, -0.25) is 9.59 Å². The monoisotopic (exact) mass is 573 g/mol. The fourth-order valence-corrected chi connectivity index (χ4v) is 4.79. The van der Waals surface area contributed by atoms with Crippen molar-refractivity contribution in [2.24, 2.45) is 0 Å². The molecule has 0 aliphatic rings. The number of hydrogen-bond acceptors (Lipinski definition) is 5. The van der Waals surface area contributed by atoms with Gasteiger partial charge in [-0.15, -0.1) is 11.3 Å². The Morgan fingerprint density at radius 2 is 1.67 bits per heavy atom. The zero-order valence-corrected chi connectivity index (χ0v) is 22.0. The smallest absolute Gasteiger partial charge is 0.416 e. The van der Waals surface area contributed by atoms with E-state index in [1.807, 2.05) is 23.1 Å². The third-order valence-electron chi connectivity index (χ3n) is 5.80. The summed E-state index contributed by atoms with van der Waals surface area (Å²) in [4.78, 5) is 29.6. The number of alkyl halides is 3. The fourth-order valence-electron chi connectivity index (χ4n) is 3.76. The van der Waals surface area contributed by atoms with Crippen molar-refractivity contribution in [3.05, 3.63) is 105 Å². The van der Waals surface area contributed by atoms with E-state index >= 15 is 0 Å². The first-order chi connectivity index (χ1) is 18.6. The lowest BCUT2D eigenvalue weighted by atomic mass is 10.1. The maximum atomic E-state index is 13.0. The number of nitrogens with zero attached hydrogens (tertiary/aromatic N) is 2. The fraction of sp³-hybridized carbons (Fsp3) is 0.179. The Hall–Kier alpha value is -3.89. The van der Waals surface area contributed by atoms with Crippen molar-refractivity contribution in [2.45, 2.75) is 25.7 Å². The topological polar surface area (TPSA) is 82.5 Å². The summed E-state index contributed by atoms with van der Waals surface area (Å²) in [6.45, 7) is 0.885. The second kappa shape index (κ2) is 12.3. The van der Waals surface area contributed by atoms with Crippen molar-refractivity contribution in [3.8, 4) is 11.3 Å². The molecular weight excluding hydrogens is 551 g/mol. The molecule has 4 aromatic rings. The summed E-state index contributed by atoms with van der Waals surface area (Å²) in [5, 5.41) is 14.3. The van der Waals surface area contributed by atoms with E-state index in [-0.39, 0.29) is 18.9 Å². The Balaban J connectivity index is 1.55. The van der Waals surface area contributed by atoms with Crippen LogP contribution in [-0.2, 0) is 24.1 Å². The van der Waals surface area contributed by atoms with Crippen molar-refractivity contribution in [3.63, 3.8) is 0 Å². The van der Waals surface area contributed by atoms with E-state index in [1.54, 1.807) is 35.7 Å². The van der Waals surface area contributed by atoms with Crippen LogP contribution < -0.4 is 10.2 Å². The third-order valence-corrected chi connectivity index (χ3v) is 7.07. The molecule has 3 aromatic carbocycles. The lowest BCUT2D eigenvalue weighted by Crippen LogP contribution is -2.26. The Morgan fingerprint density at radius 1 is 0.974 bits per heavy atom. The molecule has 1 aromatic heterocycles. The zero-order valence-electron chi connectivity index (χ0n) is 20.4. The van der Waals surface area contributed by atoms with Gasteiger partial charge in [-0.25, -0.2) is 4.98 Å². The maximum absolute atomic E-state index is 13.0. The molecule has 1 heterocycles. The van der Waals surface area contributed by atoms with Crippen molar-refractivity contribution in [1.82, 2.24) is 10.3 Å². The van der Waals surface area contributed by atoms with Crippen LogP contribution in [-0.4, -0.2) is 28.5 Å². The molecule has 0 spiro atoms. The number of hydrogen-bond donors (Lipinski definition) is 2. The highest BCUT2D eigenvalue weighted by Gasteiger charge is 2.30. The number of aromatic nitrogens is 1. The van der Waals surface area contributed by atoms with Gasteiger partial charge in [-0.05, 0) is 41.5 Å². The first-order valence-corrected chi connectivity index (χ1v) is 13.1.